The fraction of sp³-hybridized carbons (Fsp3) is 0.188. The highest BCUT2D eigenvalue weighted by Gasteiger charge is 2.80. The first kappa shape index (κ1) is 12.1. The molecule has 0 spiro atoms. The van der Waals surface area contributed by atoms with Crippen LogP contribution in [0.1, 0.15) is 5.56 Å². The van der Waals surface area contributed by atoms with E-state index in [4.69, 9.17) is 0 Å². The molecule has 2 fully saturated rings. The van der Waals surface area contributed by atoms with Crippen molar-refractivity contribution >= 4 is 28.6 Å². The van der Waals surface area contributed by atoms with Crippen molar-refractivity contribution < 1.29 is 19.5 Å². The predicted octanol–water partition coefficient (Wildman–Crippen LogP) is 1.06. The second-order valence-electron chi connectivity index (χ2n) is 5.54. The first-order chi connectivity index (χ1) is 10.1. The molecule has 2 aromatic carbocycles. The monoisotopic (exact) mass is 281 g/mol. The average molecular weight is 281 g/mol. The summed E-state index contributed by atoms with van der Waals surface area (Å²) < 4.78 is 0. The van der Waals surface area contributed by atoms with Crippen molar-refractivity contribution in [1.29, 1.82) is 0 Å². The van der Waals surface area contributed by atoms with E-state index in [9.17, 15) is 19.5 Å². The van der Waals surface area contributed by atoms with E-state index < -0.39 is 35.0 Å². The van der Waals surface area contributed by atoms with Crippen molar-refractivity contribution in [3.63, 3.8) is 0 Å². The maximum Gasteiger partial charge on any atom is 0.308 e. The van der Waals surface area contributed by atoms with Gasteiger partial charge in [0.15, 0.2) is 0 Å². The highest BCUT2D eigenvalue weighted by atomic mass is 16.4. The number of hydrogen-bond donors (Lipinski definition) is 2. The number of fused-ring (bicyclic) bond motifs is 2. The Morgan fingerprint density at radius 2 is 1.81 bits per heavy atom. The molecule has 2 amide bonds. The van der Waals surface area contributed by atoms with E-state index in [1.165, 1.54) is 0 Å². The molecule has 1 aliphatic carbocycles. The van der Waals surface area contributed by atoms with Gasteiger partial charge in [-0.15, -0.1) is 0 Å². The Labute approximate surface area is 119 Å². The SMILES string of the molecule is O=C1NC(=O)C2(c3ccc4ccccc4c3)C1[C@@H]2C(=O)O. The van der Waals surface area contributed by atoms with Gasteiger partial charge < -0.3 is 5.11 Å². The molecule has 1 aliphatic heterocycles. The summed E-state index contributed by atoms with van der Waals surface area (Å²) in [5, 5.41) is 13.5. The summed E-state index contributed by atoms with van der Waals surface area (Å²) in [5.74, 6) is -3.83. The third-order valence-electron chi connectivity index (χ3n) is 4.59. The topological polar surface area (TPSA) is 83.5 Å². The molecule has 2 aliphatic rings. The predicted molar refractivity (Wildman–Crippen MR) is 73.4 cm³/mol. The number of carboxylic acids is 1. The number of amides is 2. The maximum absolute atomic E-state index is 12.2. The summed E-state index contributed by atoms with van der Waals surface area (Å²) in [7, 11) is 0. The summed E-state index contributed by atoms with van der Waals surface area (Å²) in [6, 6.07) is 13.0. The second-order valence-corrected chi connectivity index (χ2v) is 5.54. The van der Waals surface area contributed by atoms with Gasteiger partial charge in [0.25, 0.3) is 0 Å². The number of piperidine rings is 1. The molecule has 0 aromatic heterocycles. The van der Waals surface area contributed by atoms with Crippen LogP contribution in [0.15, 0.2) is 42.5 Å². The van der Waals surface area contributed by atoms with Gasteiger partial charge in [-0.3, -0.25) is 19.7 Å². The van der Waals surface area contributed by atoms with Gasteiger partial charge in [0.1, 0.15) is 5.41 Å². The molecule has 0 radical (unpaired) electrons. The van der Waals surface area contributed by atoms with Crippen LogP contribution in [-0.2, 0) is 19.8 Å². The van der Waals surface area contributed by atoms with E-state index in [1.54, 1.807) is 6.07 Å². The quantitative estimate of drug-likeness (QED) is 0.806. The van der Waals surface area contributed by atoms with Gasteiger partial charge in [-0.25, -0.2) is 0 Å². The molecule has 104 valence electrons. The first-order valence-corrected chi connectivity index (χ1v) is 6.64. The zero-order valence-electron chi connectivity index (χ0n) is 10.9. The van der Waals surface area contributed by atoms with Crippen LogP contribution in [0.5, 0.6) is 0 Å². The smallest absolute Gasteiger partial charge is 0.308 e. The van der Waals surface area contributed by atoms with Crippen LogP contribution in [0.4, 0.5) is 0 Å². The summed E-state index contributed by atoms with van der Waals surface area (Å²) >= 11 is 0. The van der Waals surface area contributed by atoms with E-state index in [1.807, 2.05) is 36.4 Å². The molecule has 2 N–H and O–H groups in total. The number of benzene rings is 2. The zero-order chi connectivity index (χ0) is 14.8. The third kappa shape index (κ3) is 1.33. The lowest BCUT2D eigenvalue weighted by Gasteiger charge is -2.13. The van der Waals surface area contributed by atoms with Crippen molar-refractivity contribution in [3.05, 3.63) is 48.0 Å². The Hall–Kier alpha value is -2.69. The summed E-state index contributed by atoms with van der Waals surface area (Å²) in [5.41, 5.74) is -0.630. The molecule has 21 heavy (non-hydrogen) atoms. The van der Waals surface area contributed by atoms with Crippen LogP contribution in [-0.4, -0.2) is 22.9 Å². The zero-order valence-corrected chi connectivity index (χ0v) is 10.9. The molecule has 1 saturated carbocycles. The Balaban J connectivity index is 1.92. The van der Waals surface area contributed by atoms with Gasteiger partial charge in [-0.2, -0.15) is 0 Å². The number of rotatable bonds is 2. The van der Waals surface area contributed by atoms with E-state index >= 15 is 0 Å². The number of carbonyl (C=O) groups excluding carboxylic acids is 2. The Kier molecular flexibility index (Phi) is 2.12. The van der Waals surface area contributed by atoms with E-state index in [0.717, 1.165) is 10.8 Å². The lowest BCUT2D eigenvalue weighted by Crippen LogP contribution is -2.35. The average Bonchev–Trinajstić information content (AvgIpc) is 3.11. The lowest BCUT2D eigenvalue weighted by molar-refractivity contribution is -0.143. The molecule has 2 aromatic rings. The lowest BCUT2D eigenvalue weighted by atomic mass is 9.90. The number of nitrogens with one attached hydrogen (secondary N) is 1. The fourth-order valence-electron chi connectivity index (χ4n) is 3.60. The number of carboxylic acid groups (broad SMARTS) is 1. The third-order valence-corrected chi connectivity index (χ3v) is 4.59. The number of carbonyl (C=O) groups is 3. The van der Waals surface area contributed by atoms with E-state index in [-0.39, 0.29) is 0 Å². The molecule has 1 heterocycles. The molecule has 3 atom stereocenters. The van der Waals surface area contributed by atoms with Crippen LogP contribution in [0.2, 0.25) is 0 Å². The first-order valence-electron chi connectivity index (χ1n) is 6.64. The van der Waals surface area contributed by atoms with Crippen LogP contribution in [0, 0.1) is 11.8 Å². The van der Waals surface area contributed by atoms with Crippen molar-refractivity contribution in [2.24, 2.45) is 11.8 Å². The fourth-order valence-corrected chi connectivity index (χ4v) is 3.60. The van der Waals surface area contributed by atoms with Crippen LogP contribution >= 0.6 is 0 Å². The minimum atomic E-state index is -1.23. The van der Waals surface area contributed by atoms with Crippen LogP contribution in [0.25, 0.3) is 10.8 Å². The van der Waals surface area contributed by atoms with Crippen molar-refractivity contribution in [3.8, 4) is 0 Å². The van der Waals surface area contributed by atoms with Crippen molar-refractivity contribution in [1.82, 2.24) is 5.32 Å². The minimum Gasteiger partial charge on any atom is -0.481 e. The number of hydrogen-bond acceptors (Lipinski definition) is 3. The van der Waals surface area contributed by atoms with Crippen LogP contribution < -0.4 is 5.32 Å². The maximum atomic E-state index is 12.2. The minimum absolute atomic E-state index is 0.486. The molecule has 5 heteroatoms. The van der Waals surface area contributed by atoms with Crippen LogP contribution in [0.3, 0.4) is 0 Å². The number of aliphatic carboxylic acids is 1. The second kappa shape index (κ2) is 3.69. The number of imide groups is 1. The Bertz CT molecular complexity index is 822. The van der Waals surface area contributed by atoms with Gasteiger partial charge in [0.05, 0.1) is 11.8 Å². The van der Waals surface area contributed by atoms with E-state index in [0.29, 0.717) is 5.56 Å². The highest BCUT2D eigenvalue weighted by molar-refractivity contribution is 6.19. The van der Waals surface area contributed by atoms with Crippen molar-refractivity contribution in [2.75, 3.05) is 0 Å². The standard InChI is InChI=1S/C16H11NO4/c18-13-11-12(14(19)20)16(11,15(21)17-13)10-6-5-8-3-1-2-4-9(8)7-10/h1-7,11-12H,(H,19,20)(H,17,18,21)/t11?,12-,16?/m1/s1. The molecule has 5 nitrogen and oxygen atoms in total. The highest BCUT2D eigenvalue weighted by Crippen LogP contribution is 2.63. The van der Waals surface area contributed by atoms with Gasteiger partial charge in [0.2, 0.25) is 11.8 Å². The summed E-state index contributed by atoms with van der Waals surface area (Å²) in [6.07, 6.45) is 0. The molecule has 1 saturated heterocycles. The molecule has 2 unspecified atom stereocenters. The summed E-state index contributed by atoms with van der Waals surface area (Å²) in [6.45, 7) is 0. The normalized spacial score (nSPS) is 30.1. The molecule has 4 rings (SSSR count). The van der Waals surface area contributed by atoms with Crippen molar-refractivity contribution in [2.45, 2.75) is 5.41 Å². The largest absolute Gasteiger partial charge is 0.481 e. The Morgan fingerprint density at radius 3 is 2.48 bits per heavy atom. The summed E-state index contributed by atoms with van der Waals surface area (Å²) in [4.78, 5) is 35.4. The van der Waals surface area contributed by atoms with Gasteiger partial charge in [-0.1, -0.05) is 42.5 Å². The van der Waals surface area contributed by atoms with Gasteiger partial charge in [-0.05, 0) is 16.3 Å². The Morgan fingerprint density at radius 1 is 1.10 bits per heavy atom. The van der Waals surface area contributed by atoms with Gasteiger partial charge in [0, 0.05) is 0 Å². The van der Waals surface area contributed by atoms with E-state index in [2.05, 4.69) is 5.32 Å². The van der Waals surface area contributed by atoms with Gasteiger partial charge >= 0.3 is 5.97 Å². The molecular weight excluding hydrogens is 270 g/mol. The molecule has 0 bridgehead atoms. The molecular formula is C16H11NO4.